The number of anilines is 3. The fourth-order valence-electron chi connectivity index (χ4n) is 4.11. The quantitative estimate of drug-likeness (QED) is 0.830. The van der Waals surface area contributed by atoms with Crippen molar-refractivity contribution in [3.63, 3.8) is 0 Å². The molecular weight excluding hydrogens is 362 g/mol. The van der Waals surface area contributed by atoms with Crippen LogP contribution in [-0.4, -0.2) is 47.0 Å². The predicted molar refractivity (Wildman–Crippen MR) is 117 cm³/mol. The Balaban J connectivity index is 1.35. The molecule has 6 nitrogen and oxygen atoms in total. The van der Waals surface area contributed by atoms with E-state index >= 15 is 0 Å². The van der Waals surface area contributed by atoms with Crippen LogP contribution in [0.2, 0.25) is 0 Å². The van der Waals surface area contributed by atoms with Crippen LogP contribution in [0.3, 0.4) is 0 Å². The van der Waals surface area contributed by atoms with Gasteiger partial charge < -0.3 is 15.1 Å². The van der Waals surface area contributed by atoms with Gasteiger partial charge in [-0.2, -0.15) is 0 Å². The van der Waals surface area contributed by atoms with Crippen LogP contribution in [-0.2, 0) is 0 Å². The highest BCUT2D eigenvalue weighted by Crippen LogP contribution is 2.25. The van der Waals surface area contributed by atoms with Gasteiger partial charge in [-0.05, 0) is 55.9 Å². The molecule has 2 aliphatic heterocycles. The van der Waals surface area contributed by atoms with Gasteiger partial charge in [0.1, 0.15) is 11.5 Å². The van der Waals surface area contributed by atoms with E-state index in [2.05, 4.69) is 51.4 Å². The van der Waals surface area contributed by atoms with Crippen LogP contribution in [0.15, 0.2) is 36.7 Å². The fraction of sp³-hybridized carbons (Fsp3) is 0.522. The average Bonchev–Trinajstić information content (AvgIpc) is 3.05. The normalized spacial score (nSPS) is 18.4. The van der Waals surface area contributed by atoms with Crippen LogP contribution in [0.1, 0.15) is 55.9 Å². The van der Waals surface area contributed by atoms with Crippen LogP contribution >= 0.6 is 0 Å². The minimum Gasteiger partial charge on any atom is -0.372 e. The van der Waals surface area contributed by atoms with Gasteiger partial charge in [-0.15, -0.1) is 0 Å². The number of hydrogen-bond acceptors (Lipinski definition) is 5. The van der Waals surface area contributed by atoms with E-state index in [0.29, 0.717) is 11.5 Å². The molecule has 0 bridgehead atoms. The van der Waals surface area contributed by atoms with Gasteiger partial charge in [0.25, 0.3) is 5.91 Å². The molecule has 3 heterocycles. The van der Waals surface area contributed by atoms with Gasteiger partial charge in [0.15, 0.2) is 0 Å². The van der Waals surface area contributed by atoms with E-state index in [1.54, 1.807) is 12.4 Å². The Morgan fingerprint density at radius 1 is 0.931 bits per heavy atom. The monoisotopic (exact) mass is 393 g/mol. The first-order chi connectivity index (χ1) is 14.2. The lowest BCUT2D eigenvalue weighted by Crippen LogP contribution is -2.32. The molecule has 1 aromatic heterocycles. The van der Waals surface area contributed by atoms with Gasteiger partial charge >= 0.3 is 0 Å². The van der Waals surface area contributed by atoms with Crippen molar-refractivity contribution in [2.45, 2.75) is 45.4 Å². The van der Waals surface area contributed by atoms with Crippen LogP contribution in [0, 0.1) is 5.92 Å². The number of benzene rings is 1. The summed E-state index contributed by atoms with van der Waals surface area (Å²) in [5.41, 5.74) is 2.67. The second-order valence-corrected chi connectivity index (χ2v) is 8.33. The minimum atomic E-state index is -0.00819. The summed E-state index contributed by atoms with van der Waals surface area (Å²) >= 11 is 0. The molecule has 0 atom stereocenters. The summed E-state index contributed by atoms with van der Waals surface area (Å²) in [5.74, 6) is 1.48. The molecule has 154 valence electrons. The summed E-state index contributed by atoms with van der Waals surface area (Å²) in [6.45, 7) is 6.24. The highest BCUT2D eigenvalue weighted by Gasteiger charge is 2.19. The molecule has 0 radical (unpaired) electrons. The molecule has 0 unspecified atom stereocenters. The van der Waals surface area contributed by atoms with Gasteiger partial charge in [-0.3, -0.25) is 4.79 Å². The lowest BCUT2D eigenvalue weighted by Gasteiger charge is -2.32. The summed E-state index contributed by atoms with van der Waals surface area (Å²) < 4.78 is 0. The number of carbonyl (C=O) groups excluding carboxylic acids is 1. The first-order valence-electron chi connectivity index (χ1n) is 10.9. The number of nitrogens with zero attached hydrogens (tertiary/aromatic N) is 4. The van der Waals surface area contributed by atoms with Gasteiger partial charge in [0.05, 0.1) is 12.4 Å². The topological polar surface area (TPSA) is 61.4 Å². The molecule has 4 rings (SSSR count). The zero-order valence-electron chi connectivity index (χ0n) is 17.3. The Hall–Kier alpha value is -2.63. The summed E-state index contributed by atoms with van der Waals surface area (Å²) in [6.07, 6.45) is 10.3. The molecular formula is C23H31N5O. The third kappa shape index (κ3) is 5.05. The van der Waals surface area contributed by atoms with Crippen molar-refractivity contribution < 1.29 is 4.79 Å². The number of hydrogen-bond donors (Lipinski definition) is 1. The molecule has 0 spiro atoms. The van der Waals surface area contributed by atoms with E-state index in [9.17, 15) is 4.79 Å². The highest BCUT2D eigenvalue weighted by molar-refractivity contribution is 5.92. The number of rotatable bonds is 4. The summed E-state index contributed by atoms with van der Waals surface area (Å²) in [7, 11) is 0. The molecule has 2 aliphatic rings. The zero-order valence-corrected chi connectivity index (χ0v) is 17.3. The molecule has 2 fully saturated rings. The molecule has 0 aliphatic carbocycles. The van der Waals surface area contributed by atoms with Gasteiger partial charge in [-0.25, -0.2) is 9.97 Å². The van der Waals surface area contributed by atoms with E-state index in [4.69, 9.17) is 0 Å². The van der Waals surface area contributed by atoms with E-state index in [-0.39, 0.29) is 5.91 Å². The van der Waals surface area contributed by atoms with E-state index in [1.165, 1.54) is 31.4 Å². The molecule has 2 aromatic rings. The lowest BCUT2D eigenvalue weighted by molar-refractivity contribution is 0.0755. The lowest BCUT2D eigenvalue weighted by atomic mass is 9.99. The van der Waals surface area contributed by atoms with Crippen molar-refractivity contribution in [3.05, 3.63) is 42.4 Å². The second-order valence-electron chi connectivity index (χ2n) is 8.33. The number of aromatic nitrogens is 2. The number of piperidine rings is 1. The first-order valence-corrected chi connectivity index (χ1v) is 10.9. The summed E-state index contributed by atoms with van der Waals surface area (Å²) in [5, 5.41) is 3.28. The largest absolute Gasteiger partial charge is 0.372 e. The third-order valence-electron chi connectivity index (χ3n) is 6.05. The standard InChI is InChI=1S/C23H31N5O/c1-18-10-14-27(15-11-18)20-8-6-19(7-9-20)26-22-17-24-21(16-25-22)23(29)28-12-4-2-3-5-13-28/h6-9,16-18H,2-5,10-15H2,1H3,(H,25,26). The number of nitrogens with one attached hydrogen (secondary N) is 1. The van der Waals surface area contributed by atoms with Crippen LogP contribution in [0.25, 0.3) is 0 Å². The van der Waals surface area contributed by atoms with E-state index in [1.807, 2.05) is 4.90 Å². The summed E-state index contributed by atoms with van der Waals surface area (Å²) in [6, 6.07) is 8.46. The third-order valence-corrected chi connectivity index (χ3v) is 6.05. The van der Waals surface area contributed by atoms with Gasteiger partial charge in [0.2, 0.25) is 0 Å². The van der Waals surface area contributed by atoms with Crippen LogP contribution < -0.4 is 10.2 Å². The minimum absolute atomic E-state index is 0.00819. The average molecular weight is 394 g/mol. The Morgan fingerprint density at radius 2 is 1.62 bits per heavy atom. The van der Waals surface area contributed by atoms with E-state index < -0.39 is 0 Å². The Kier molecular flexibility index (Phi) is 6.27. The van der Waals surface area contributed by atoms with Crippen molar-refractivity contribution in [3.8, 4) is 0 Å². The smallest absolute Gasteiger partial charge is 0.274 e. The Bertz CT molecular complexity index is 789. The number of carbonyl (C=O) groups is 1. The highest BCUT2D eigenvalue weighted by atomic mass is 16.2. The van der Waals surface area contributed by atoms with Crippen molar-refractivity contribution in [1.82, 2.24) is 14.9 Å². The predicted octanol–water partition coefficient (Wildman–Crippen LogP) is 4.47. The molecule has 1 aromatic carbocycles. The molecule has 6 heteroatoms. The maximum atomic E-state index is 12.6. The Labute approximate surface area is 173 Å². The second kappa shape index (κ2) is 9.25. The maximum absolute atomic E-state index is 12.6. The van der Waals surface area contributed by atoms with Crippen molar-refractivity contribution >= 4 is 23.1 Å². The number of amides is 1. The van der Waals surface area contributed by atoms with E-state index in [0.717, 1.165) is 50.6 Å². The SMILES string of the molecule is CC1CCN(c2ccc(Nc3cnc(C(=O)N4CCCCCC4)cn3)cc2)CC1. The van der Waals surface area contributed by atoms with Crippen molar-refractivity contribution in [1.29, 1.82) is 0 Å². The molecule has 0 saturated carbocycles. The Morgan fingerprint density at radius 3 is 2.24 bits per heavy atom. The van der Waals surface area contributed by atoms with Crippen LogP contribution in [0.5, 0.6) is 0 Å². The zero-order chi connectivity index (χ0) is 20.1. The van der Waals surface area contributed by atoms with Crippen molar-refractivity contribution in [2.24, 2.45) is 5.92 Å². The van der Waals surface area contributed by atoms with Gasteiger partial charge in [-0.1, -0.05) is 19.8 Å². The maximum Gasteiger partial charge on any atom is 0.274 e. The summed E-state index contributed by atoms with van der Waals surface area (Å²) in [4.78, 5) is 25.7. The molecule has 1 N–H and O–H groups in total. The van der Waals surface area contributed by atoms with Crippen molar-refractivity contribution in [2.75, 3.05) is 36.4 Å². The number of likely N-dealkylation sites (tertiary alicyclic amines) is 1. The molecule has 2 saturated heterocycles. The van der Waals surface area contributed by atoms with Gasteiger partial charge in [0, 0.05) is 37.6 Å². The fourth-order valence-corrected chi connectivity index (χ4v) is 4.11. The molecule has 29 heavy (non-hydrogen) atoms. The van der Waals surface area contributed by atoms with Crippen LogP contribution in [0.4, 0.5) is 17.2 Å². The molecule has 1 amide bonds. The first kappa shape index (κ1) is 19.7.